The van der Waals surface area contributed by atoms with Crippen LogP contribution in [0.2, 0.25) is 0 Å². The highest BCUT2D eigenvalue weighted by Crippen LogP contribution is 2.11. The fraction of sp³-hybridized carbons (Fsp3) is 0.875. The molecule has 0 bridgehead atoms. The second-order valence-corrected chi connectivity index (χ2v) is 4.45. The van der Waals surface area contributed by atoms with E-state index in [1.807, 2.05) is 18.7 Å². The monoisotopic (exact) mass is 235 g/mol. The number of carbonyl (C=O) groups excluding carboxylic acids is 1. The topological polar surface area (TPSA) is 29.5 Å². The number of rotatable bonds is 1. The molecule has 1 aliphatic heterocycles. The van der Waals surface area contributed by atoms with Crippen molar-refractivity contribution in [2.75, 3.05) is 19.8 Å². The molecule has 4 heteroatoms. The van der Waals surface area contributed by atoms with Crippen molar-refractivity contribution in [1.82, 2.24) is 4.90 Å². The third-order valence-corrected chi connectivity index (χ3v) is 2.38. The summed E-state index contributed by atoms with van der Waals surface area (Å²) < 4.78 is 5.23. The fourth-order valence-corrected chi connectivity index (χ4v) is 1.55. The summed E-state index contributed by atoms with van der Waals surface area (Å²) in [4.78, 5) is 13.3. The number of hydrogen-bond acceptors (Lipinski definition) is 2. The molecular weight excluding hydrogens is 222 g/mol. The molecule has 1 heterocycles. The van der Waals surface area contributed by atoms with E-state index in [2.05, 4.69) is 15.9 Å². The van der Waals surface area contributed by atoms with Gasteiger partial charge in [0.2, 0.25) is 5.91 Å². The summed E-state index contributed by atoms with van der Waals surface area (Å²) in [5.41, 5.74) is 0. The van der Waals surface area contributed by atoms with Crippen LogP contribution in [0.15, 0.2) is 0 Å². The lowest BCUT2D eigenvalue weighted by Crippen LogP contribution is -2.49. The van der Waals surface area contributed by atoms with Gasteiger partial charge in [-0.2, -0.15) is 0 Å². The van der Waals surface area contributed by atoms with E-state index in [1.165, 1.54) is 0 Å². The Morgan fingerprint density at radius 1 is 1.75 bits per heavy atom. The Balaban J connectivity index is 2.53. The molecule has 1 rings (SSSR count). The third kappa shape index (κ3) is 2.20. The lowest BCUT2D eigenvalue weighted by molar-refractivity contribution is -0.138. The molecule has 1 unspecified atom stereocenters. The van der Waals surface area contributed by atoms with Gasteiger partial charge in [0.15, 0.2) is 0 Å². The molecule has 1 saturated heterocycles. The van der Waals surface area contributed by atoms with Gasteiger partial charge in [-0.3, -0.25) is 4.79 Å². The largest absolute Gasteiger partial charge is 0.377 e. The molecule has 0 aliphatic carbocycles. The van der Waals surface area contributed by atoms with E-state index < -0.39 is 0 Å². The van der Waals surface area contributed by atoms with E-state index in [0.717, 1.165) is 6.54 Å². The first-order chi connectivity index (χ1) is 5.63. The normalized spacial score (nSPS) is 26.9. The van der Waals surface area contributed by atoms with E-state index in [-0.39, 0.29) is 16.8 Å². The van der Waals surface area contributed by atoms with Crippen LogP contribution >= 0.6 is 15.9 Å². The Morgan fingerprint density at radius 3 is 2.92 bits per heavy atom. The van der Waals surface area contributed by atoms with Crippen LogP contribution in [0.25, 0.3) is 0 Å². The number of hydrogen-bond donors (Lipinski definition) is 0. The number of morpholine rings is 1. The van der Waals surface area contributed by atoms with Gasteiger partial charge in [0.05, 0.1) is 24.1 Å². The molecule has 70 valence electrons. The Hall–Kier alpha value is -0.0900. The highest BCUT2D eigenvalue weighted by atomic mass is 79.9. The van der Waals surface area contributed by atoms with E-state index in [0.29, 0.717) is 13.2 Å². The minimum atomic E-state index is -0.0851. The maximum absolute atomic E-state index is 11.5. The minimum absolute atomic E-state index is 0.0851. The Labute approximate surface area is 81.2 Å². The quantitative estimate of drug-likeness (QED) is 0.636. The lowest BCUT2D eigenvalue weighted by atomic mass is 10.2. The van der Waals surface area contributed by atoms with E-state index >= 15 is 0 Å². The van der Waals surface area contributed by atoms with E-state index in [1.54, 1.807) is 0 Å². The molecule has 0 spiro atoms. The van der Waals surface area contributed by atoms with Crippen LogP contribution in [-0.2, 0) is 9.53 Å². The summed E-state index contributed by atoms with van der Waals surface area (Å²) in [7, 11) is 0. The van der Waals surface area contributed by atoms with Gasteiger partial charge in [-0.1, -0.05) is 15.9 Å². The van der Waals surface area contributed by atoms with Crippen molar-refractivity contribution in [1.29, 1.82) is 0 Å². The molecule has 0 aromatic carbocycles. The first-order valence-corrected chi connectivity index (χ1v) is 5.07. The fourth-order valence-electron chi connectivity index (χ4n) is 1.28. The Bertz CT molecular complexity index is 172. The zero-order valence-electron chi connectivity index (χ0n) is 7.42. The SMILES string of the molecule is CC(Br)C(=O)N1CCOC[C@@H]1C. The molecule has 0 aromatic heterocycles. The van der Waals surface area contributed by atoms with Crippen molar-refractivity contribution >= 4 is 21.8 Å². The molecule has 0 saturated carbocycles. The molecule has 2 atom stereocenters. The van der Waals surface area contributed by atoms with Crippen molar-refractivity contribution in [3.05, 3.63) is 0 Å². The summed E-state index contributed by atoms with van der Waals surface area (Å²) in [5.74, 6) is 0.158. The molecule has 12 heavy (non-hydrogen) atoms. The molecule has 3 nitrogen and oxygen atoms in total. The number of halogens is 1. The summed E-state index contributed by atoms with van der Waals surface area (Å²) in [5, 5.41) is 0. The average Bonchev–Trinajstić information content (AvgIpc) is 2.04. The highest BCUT2D eigenvalue weighted by Gasteiger charge is 2.25. The van der Waals surface area contributed by atoms with Crippen LogP contribution in [0.1, 0.15) is 13.8 Å². The predicted molar refractivity (Wildman–Crippen MR) is 50.4 cm³/mol. The predicted octanol–water partition coefficient (Wildman–Crippen LogP) is 1.02. The average molecular weight is 236 g/mol. The van der Waals surface area contributed by atoms with Crippen molar-refractivity contribution < 1.29 is 9.53 Å². The van der Waals surface area contributed by atoms with Gasteiger partial charge >= 0.3 is 0 Å². The van der Waals surface area contributed by atoms with Crippen molar-refractivity contribution in [2.24, 2.45) is 0 Å². The molecule has 0 N–H and O–H groups in total. The van der Waals surface area contributed by atoms with Crippen LogP contribution in [0.5, 0.6) is 0 Å². The maximum atomic E-state index is 11.5. The standard InChI is InChI=1S/C8H14BrNO2/c1-6-5-12-4-3-10(6)8(11)7(2)9/h6-7H,3-5H2,1-2H3/t6-,7?/m0/s1. The second-order valence-electron chi connectivity index (χ2n) is 3.07. The van der Waals surface area contributed by atoms with Gasteiger partial charge in [0.25, 0.3) is 0 Å². The first kappa shape index (κ1) is 9.99. The van der Waals surface area contributed by atoms with Gasteiger partial charge in [-0.05, 0) is 13.8 Å². The van der Waals surface area contributed by atoms with Gasteiger partial charge in [0, 0.05) is 6.54 Å². The number of carbonyl (C=O) groups is 1. The summed E-state index contributed by atoms with van der Waals surface area (Å²) >= 11 is 3.27. The Kier molecular flexibility index (Phi) is 3.53. The molecule has 1 aliphatic rings. The van der Waals surface area contributed by atoms with Gasteiger partial charge in [0.1, 0.15) is 0 Å². The smallest absolute Gasteiger partial charge is 0.236 e. The van der Waals surface area contributed by atoms with Crippen LogP contribution in [-0.4, -0.2) is 41.4 Å². The molecule has 0 radical (unpaired) electrons. The number of ether oxygens (including phenoxy) is 1. The summed E-state index contributed by atoms with van der Waals surface area (Å²) in [6.45, 7) is 5.90. The van der Waals surface area contributed by atoms with Crippen LogP contribution in [0.4, 0.5) is 0 Å². The number of alkyl halides is 1. The first-order valence-electron chi connectivity index (χ1n) is 4.15. The molecule has 1 amide bonds. The van der Waals surface area contributed by atoms with E-state index in [4.69, 9.17) is 4.74 Å². The van der Waals surface area contributed by atoms with Gasteiger partial charge < -0.3 is 9.64 Å². The van der Waals surface area contributed by atoms with Gasteiger partial charge in [-0.15, -0.1) is 0 Å². The van der Waals surface area contributed by atoms with Crippen molar-refractivity contribution in [3.8, 4) is 0 Å². The number of nitrogens with zero attached hydrogens (tertiary/aromatic N) is 1. The molecule has 1 fully saturated rings. The Morgan fingerprint density at radius 2 is 2.42 bits per heavy atom. The lowest BCUT2D eigenvalue weighted by Gasteiger charge is -2.34. The van der Waals surface area contributed by atoms with Crippen LogP contribution in [0, 0.1) is 0 Å². The third-order valence-electron chi connectivity index (χ3n) is 1.99. The summed E-state index contributed by atoms with van der Waals surface area (Å²) in [6, 6.07) is 0.214. The van der Waals surface area contributed by atoms with Crippen molar-refractivity contribution in [3.63, 3.8) is 0 Å². The minimum Gasteiger partial charge on any atom is -0.377 e. The van der Waals surface area contributed by atoms with E-state index in [9.17, 15) is 4.79 Å². The zero-order valence-corrected chi connectivity index (χ0v) is 9.00. The molecule has 0 aromatic rings. The maximum Gasteiger partial charge on any atom is 0.236 e. The second kappa shape index (κ2) is 4.23. The molecular formula is C8H14BrNO2. The van der Waals surface area contributed by atoms with Crippen LogP contribution in [0.3, 0.4) is 0 Å². The summed E-state index contributed by atoms with van der Waals surface area (Å²) in [6.07, 6.45) is 0. The van der Waals surface area contributed by atoms with Gasteiger partial charge in [-0.25, -0.2) is 0 Å². The number of amides is 1. The van der Waals surface area contributed by atoms with Crippen molar-refractivity contribution in [2.45, 2.75) is 24.7 Å². The zero-order chi connectivity index (χ0) is 9.14. The highest BCUT2D eigenvalue weighted by molar-refractivity contribution is 9.10. The van der Waals surface area contributed by atoms with Crippen LogP contribution < -0.4 is 0 Å².